The van der Waals surface area contributed by atoms with Crippen molar-refractivity contribution in [2.45, 2.75) is 0 Å². The molecule has 0 spiro atoms. The van der Waals surface area contributed by atoms with Crippen LogP contribution in [0.15, 0.2) is 158 Å². The molecule has 0 saturated carbocycles. The molecule has 0 atom stereocenters. The first-order valence-corrected chi connectivity index (χ1v) is 16.7. The van der Waals surface area contributed by atoms with Crippen LogP contribution in [0.5, 0.6) is 11.5 Å². The summed E-state index contributed by atoms with van der Waals surface area (Å²) in [7, 11) is 3.44. The molecule has 9 rings (SSSR count). The third-order valence-corrected chi connectivity index (χ3v) is 9.84. The zero-order valence-electron chi connectivity index (χ0n) is 27.7. The van der Waals surface area contributed by atoms with E-state index in [2.05, 4.69) is 131 Å². The average molecular weight is 645 g/mol. The minimum atomic E-state index is 0.815. The second-order valence-corrected chi connectivity index (χ2v) is 12.5. The van der Waals surface area contributed by atoms with Crippen LogP contribution in [0.1, 0.15) is 0 Å². The molecule has 9 aromatic rings. The number of fused-ring (bicyclic) bond motifs is 6. The van der Waals surface area contributed by atoms with Gasteiger partial charge >= 0.3 is 0 Å². The number of nitrogens with zero attached hydrogens (tertiary/aromatic N) is 2. The van der Waals surface area contributed by atoms with Crippen LogP contribution in [0, 0.1) is 0 Å². The Morgan fingerprint density at radius 3 is 1.40 bits per heavy atom. The lowest BCUT2D eigenvalue weighted by Gasteiger charge is -2.22. The molecule has 0 N–H and O–H groups in total. The van der Waals surface area contributed by atoms with Gasteiger partial charge in [0.2, 0.25) is 0 Å². The number of benzene rings is 7. The Bertz CT molecular complexity index is 2690. The van der Waals surface area contributed by atoms with Gasteiger partial charge in [0.25, 0.3) is 0 Å². The second kappa shape index (κ2) is 12.2. The highest BCUT2D eigenvalue weighted by Gasteiger charge is 2.23. The molecule has 0 unspecified atom stereocenters. The van der Waals surface area contributed by atoms with Gasteiger partial charge in [0.05, 0.1) is 14.2 Å². The Labute approximate surface area is 290 Å². The maximum absolute atomic E-state index is 5.85. The number of hydrogen-bond donors (Lipinski definition) is 0. The fraction of sp³-hybridized carbons (Fsp3) is 0.0435. The molecule has 4 heteroatoms. The van der Waals surface area contributed by atoms with Crippen LogP contribution in [0.2, 0.25) is 0 Å². The van der Waals surface area contributed by atoms with Gasteiger partial charge in [-0.1, -0.05) is 78.9 Å². The molecule has 2 aromatic heterocycles. The van der Waals surface area contributed by atoms with Crippen LogP contribution >= 0.6 is 0 Å². The molecule has 0 bridgehead atoms. The summed E-state index contributed by atoms with van der Waals surface area (Å²) in [5.41, 5.74) is 9.24. The third kappa shape index (κ3) is 4.76. The molecule has 7 aromatic carbocycles. The van der Waals surface area contributed by atoms with Gasteiger partial charge in [-0.05, 0) is 137 Å². The third-order valence-electron chi connectivity index (χ3n) is 9.84. The van der Waals surface area contributed by atoms with Gasteiger partial charge in [-0.3, -0.25) is 9.97 Å². The SMILES string of the molecule is COc1ccc(-c2c(-c3ccccc3)c3cc4c(cc3c3cc(OC)ccc23)c(-c2ccccc2)c(-c2ccncc2)c2ccncc24)cc1. The van der Waals surface area contributed by atoms with Crippen molar-refractivity contribution in [3.05, 3.63) is 158 Å². The highest BCUT2D eigenvalue weighted by molar-refractivity contribution is 6.29. The molecule has 4 nitrogen and oxygen atoms in total. The van der Waals surface area contributed by atoms with Crippen LogP contribution < -0.4 is 9.47 Å². The Balaban J connectivity index is 1.54. The highest BCUT2D eigenvalue weighted by atomic mass is 16.5. The monoisotopic (exact) mass is 644 g/mol. The second-order valence-electron chi connectivity index (χ2n) is 12.5. The molecule has 0 aliphatic carbocycles. The highest BCUT2D eigenvalue weighted by Crippen LogP contribution is 2.50. The van der Waals surface area contributed by atoms with Crippen molar-refractivity contribution in [2.24, 2.45) is 0 Å². The van der Waals surface area contributed by atoms with E-state index in [0.29, 0.717) is 0 Å². The van der Waals surface area contributed by atoms with Gasteiger partial charge in [0, 0.05) is 30.2 Å². The summed E-state index contributed by atoms with van der Waals surface area (Å²) in [4.78, 5) is 9.03. The molecule has 0 aliphatic rings. The van der Waals surface area contributed by atoms with Crippen molar-refractivity contribution in [1.82, 2.24) is 9.97 Å². The van der Waals surface area contributed by atoms with Crippen molar-refractivity contribution in [1.29, 1.82) is 0 Å². The smallest absolute Gasteiger partial charge is 0.119 e. The average Bonchev–Trinajstić information content (AvgIpc) is 3.20. The van der Waals surface area contributed by atoms with Gasteiger partial charge in [0.15, 0.2) is 0 Å². The first-order valence-electron chi connectivity index (χ1n) is 16.7. The van der Waals surface area contributed by atoms with E-state index in [9.17, 15) is 0 Å². The van der Waals surface area contributed by atoms with E-state index in [-0.39, 0.29) is 0 Å². The largest absolute Gasteiger partial charge is 0.497 e. The summed E-state index contributed by atoms with van der Waals surface area (Å²) in [5.74, 6) is 1.64. The van der Waals surface area contributed by atoms with E-state index in [1.165, 1.54) is 22.3 Å². The number of methoxy groups -OCH3 is 2. The molecule has 0 aliphatic heterocycles. The van der Waals surface area contributed by atoms with Crippen molar-refractivity contribution in [2.75, 3.05) is 14.2 Å². The number of hydrogen-bond acceptors (Lipinski definition) is 4. The maximum atomic E-state index is 5.85. The quantitative estimate of drug-likeness (QED) is 0.133. The molecular weight excluding hydrogens is 613 g/mol. The summed E-state index contributed by atoms with van der Waals surface area (Å²) < 4.78 is 11.4. The lowest BCUT2D eigenvalue weighted by atomic mass is 9.81. The Hall–Kier alpha value is -6.52. The van der Waals surface area contributed by atoms with E-state index in [4.69, 9.17) is 9.47 Å². The lowest BCUT2D eigenvalue weighted by molar-refractivity contribution is 0.415. The lowest BCUT2D eigenvalue weighted by Crippen LogP contribution is -1.96. The zero-order valence-corrected chi connectivity index (χ0v) is 27.7. The molecule has 0 amide bonds. The molecule has 238 valence electrons. The van der Waals surface area contributed by atoms with Crippen molar-refractivity contribution >= 4 is 43.1 Å². The van der Waals surface area contributed by atoms with Crippen LogP contribution in [-0.2, 0) is 0 Å². The van der Waals surface area contributed by atoms with E-state index in [1.807, 2.05) is 36.9 Å². The molecule has 0 saturated heterocycles. The predicted molar refractivity (Wildman–Crippen MR) is 207 cm³/mol. The Kier molecular flexibility index (Phi) is 7.21. The van der Waals surface area contributed by atoms with Gasteiger partial charge in [-0.25, -0.2) is 0 Å². The summed E-state index contributed by atoms with van der Waals surface area (Å²) in [6.45, 7) is 0. The van der Waals surface area contributed by atoms with E-state index in [0.717, 1.165) is 76.8 Å². The topological polar surface area (TPSA) is 44.2 Å². The number of pyridine rings is 2. The number of rotatable bonds is 6. The standard InChI is InChI=1S/C46H32N2O2/c1-49-33-15-13-31(14-16-33)43-35-18-17-34(50-2)25-37(35)38-26-41-39(27-40(38)45(43)29-9-5-3-6-10-29)42-28-48-24-21-36(42)44(32-19-22-47-23-20-32)46(41)30-11-7-4-8-12-30/h3-28H,1-2H3. The Morgan fingerprint density at radius 2 is 0.800 bits per heavy atom. The maximum Gasteiger partial charge on any atom is 0.119 e. The minimum Gasteiger partial charge on any atom is -0.497 e. The van der Waals surface area contributed by atoms with E-state index < -0.39 is 0 Å². The molecule has 0 fully saturated rings. The van der Waals surface area contributed by atoms with Crippen molar-refractivity contribution < 1.29 is 9.47 Å². The summed E-state index contributed by atoms with van der Waals surface area (Å²) in [6.07, 6.45) is 7.65. The first-order chi connectivity index (χ1) is 24.7. The number of aromatic nitrogens is 2. The van der Waals surface area contributed by atoms with E-state index >= 15 is 0 Å². The predicted octanol–water partition coefficient (Wildman–Crippen LogP) is 11.8. The van der Waals surface area contributed by atoms with Crippen LogP contribution in [0.4, 0.5) is 0 Å². The zero-order chi connectivity index (χ0) is 33.6. The number of ether oxygens (including phenoxy) is 2. The van der Waals surface area contributed by atoms with Crippen molar-refractivity contribution in [3.8, 4) is 56.0 Å². The minimum absolute atomic E-state index is 0.815. The van der Waals surface area contributed by atoms with Crippen molar-refractivity contribution in [3.63, 3.8) is 0 Å². The first kappa shape index (κ1) is 29.6. The van der Waals surface area contributed by atoms with Crippen LogP contribution in [-0.4, -0.2) is 24.2 Å². The van der Waals surface area contributed by atoms with Gasteiger partial charge in [0.1, 0.15) is 11.5 Å². The van der Waals surface area contributed by atoms with Crippen LogP contribution in [0.25, 0.3) is 87.6 Å². The summed E-state index contributed by atoms with van der Waals surface area (Å²) in [6, 6.07) is 47.4. The molecule has 2 heterocycles. The molecular formula is C46H32N2O2. The molecule has 50 heavy (non-hydrogen) atoms. The van der Waals surface area contributed by atoms with Gasteiger partial charge in [-0.15, -0.1) is 0 Å². The van der Waals surface area contributed by atoms with Crippen LogP contribution in [0.3, 0.4) is 0 Å². The van der Waals surface area contributed by atoms with Gasteiger partial charge < -0.3 is 9.47 Å². The van der Waals surface area contributed by atoms with E-state index in [1.54, 1.807) is 14.2 Å². The summed E-state index contributed by atoms with van der Waals surface area (Å²) in [5, 5.41) is 9.17. The normalized spacial score (nSPS) is 11.4. The molecule has 0 radical (unpaired) electrons. The fourth-order valence-corrected chi connectivity index (χ4v) is 7.60. The summed E-state index contributed by atoms with van der Waals surface area (Å²) >= 11 is 0. The Morgan fingerprint density at radius 1 is 0.340 bits per heavy atom. The fourth-order valence-electron chi connectivity index (χ4n) is 7.60. The van der Waals surface area contributed by atoms with Gasteiger partial charge in [-0.2, -0.15) is 0 Å².